The summed E-state index contributed by atoms with van der Waals surface area (Å²) in [5.74, 6) is -0.225. The summed E-state index contributed by atoms with van der Waals surface area (Å²) >= 11 is 5.95. The van der Waals surface area contributed by atoms with Crippen LogP contribution in [0.1, 0.15) is 5.56 Å². The number of ether oxygens (including phenoxy) is 2. The molecule has 0 bridgehead atoms. The Morgan fingerprint density at radius 1 is 0.742 bits per heavy atom. The Morgan fingerprint density at radius 3 is 1.65 bits per heavy atom. The van der Waals surface area contributed by atoms with Crippen molar-refractivity contribution in [2.24, 2.45) is 0 Å². The molecule has 0 saturated carbocycles. The zero-order valence-electron chi connectivity index (χ0n) is 17.0. The molecule has 3 aromatic rings. The predicted octanol–water partition coefficient (Wildman–Crippen LogP) is 5.02. The molecule has 2 amide bonds. The highest BCUT2D eigenvalue weighted by Crippen LogP contribution is 2.26. The highest BCUT2D eigenvalue weighted by atomic mass is 35.5. The number of carbonyl (C=O) groups excluding carboxylic acids is 2. The molecule has 0 aliphatic rings. The minimum Gasteiger partial charge on any atom is -0.495 e. The Kier molecular flexibility index (Phi) is 7.30. The van der Waals surface area contributed by atoms with Gasteiger partial charge in [-0.05, 0) is 48.0 Å². The molecule has 158 valence electrons. The van der Waals surface area contributed by atoms with Crippen LogP contribution in [0.3, 0.4) is 0 Å². The first-order valence-electron chi connectivity index (χ1n) is 9.38. The monoisotopic (exact) mass is 436 g/mol. The topological polar surface area (TPSA) is 76.7 Å². The summed E-state index contributed by atoms with van der Waals surface area (Å²) < 4.78 is 10.6. The van der Waals surface area contributed by atoms with Crippen LogP contribution in [0.2, 0.25) is 5.02 Å². The van der Waals surface area contributed by atoms with Gasteiger partial charge in [0.1, 0.15) is 17.1 Å². The van der Waals surface area contributed by atoms with E-state index in [1.807, 2.05) is 0 Å². The molecule has 0 unspecified atom stereocenters. The molecule has 0 spiro atoms. The van der Waals surface area contributed by atoms with Crippen LogP contribution in [-0.2, 0) is 9.59 Å². The fourth-order valence-electron chi connectivity index (χ4n) is 2.83. The standard InChI is InChI=1S/C24H21ClN2O4/c1-30-21-9-5-3-7-19(21)26-23(28)18(15-16-11-13-17(25)14-12-16)24(29)27-20-8-4-6-10-22(20)31-2/h3-15H,1-2H3,(H,26,28)(H,27,29). The second kappa shape index (κ2) is 10.3. The molecule has 0 fully saturated rings. The molecule has 0 saturated heterocycles. The molecule has 3 rings (SSSR count). The summed E-state index contributed by atoms with van der Waals surface area (Å²) in [4.78, 5) is 26.2. The number of anilines is 2. The van der Waals surface area contributed by atoms with Gasteiger partial charge in [0.2, 0.25) is 0 Å². The van der Waals surface area contributed by atoms with Gasteiger partial charge in [-0.25, -0.2) is 0 Å². The first-order valence-corrected chi connectivity index (χ1v) is 9.75. The summed E-state index contributed by atoms with van der Waals surface area (Å²) in [7, 11) is 3.01. The maximum Gasteiger partial charge on any atom is 0.261 e. The molecule has 31 heavy (non-hydrogen) atoms. The van der Waals surface area contributed by atoms with Gasteiger partial charge in [-0.3, -0.25) is 9.59 Å². The van der Waals surface area contributed by atoms with Crippen LogP contribution < -0.4 is 20.1 Å². The molecule has 3 aromatic carbocycles. The number of benzene rings is 3. The molecular weight excluding hydrogens is 416 g/mol. The number of carbonyl (C=O) groups is 2. The lowest BCUT2D eigenvalue weighted by Crippen LogP contribution is -2.25. The van der Waals surface area contributed by atoms with Crippen molar-refractivity contribution in [3.63, 3.8) is 0 Å². The van der Waals surface area contributed by atoms with E-state index in [0.717, 1.165) is 0 Å². The minimum absolute atomic E-state index is 0.0980. The van der Waals surface area contributed by atoms with Crippen LogP contribution in [0.25, 0.3) is 6.08 Å². The fraction of sp³-hybridized carbons (Fsp3) is 0.0833. The number of rotatable bonds is 7. The van der Waals surface area contributed by atoms with E-state index in [-0.39, 0.29) is 5.57 Å². The van der Waals surface area contributed by atoms with Crippen LogP contribution in [0.4, 0.5) is 11.4 Å². The Balaban J connectivity index is 1.95. The number of hydrogen-bond donors (Lipinski definition) is 2. The van der Waals surface area contributed by atoms with Crippen molar-refractivity contribution < 1.29 is 19.1 Å². The van der Waals surface area contributed by atoms with E-state index in [0.29, 0.717) is 33.5 Å². The van der Waals surface area contributed by atoms with E-state index in [9.17, 15) is 9.59 Å². The highest BCUT2D eigenvalue weighted by molar-refractivity contribution is 6.31. The van der Waals surface area contributed by atoms with Gasteiger partial charge in [-0.2, -0.15) is 0 Å². The first kappa shape index (κ1) is 21.9. The SMILES string of the molecule is COc1ccccc1NC(=O)C(=Cc1ccc(Cl)cc1)C(=O)Nc1ccccc1OC. The molecule has 6 nitrogen and oxygen atoms in total. The second-order valence-electron chi connectivity index (χ2n) is 6.42. The van der Waals surface area contributed by atoms with Crippen LogP contribution >= 0.6 is 11.6 Å². The average Bonchev–Trinajstić information content (AvgIpc) is 2.79. The smallest absolute Gasteiger partial charge is 0.261 e. The van der Waals surface area contributed by atoms with Crippen LogP contribution in [-0.4, -0.2) is 26.0 Å². The molecule has 0 aliphatic carbocycles. The van der Waals surface area contributed by atoms with E-state index < -0.39 is 11.8 Å². The van der Waals surface area contributed by atoms with Crippen LogP contribution in [0.15, 0.2) is 78.4 Å². The van der Waals surface area contributed by atoms with Gasteiger partial charge in [-0.1, -0.05) is 48.0 Å². The number of halogens is 1. The largest absolute Gasteiger partial charge is 0.495 e. The molecule has 0 atom stereocenters. The predicted molar refractivity (Wildman–Crippen MR) is 123 cm³/mol. The zero-order valence-corrected chi connectivity index (χ0v) is 17.8. The van der Waals surface area contributed by atoms with Gasteiger partial charge in [0.05, 0.1) is 25.6 Å². The first-order chi connectivity index (χ1) is 15.0. The lowest BCUT2D eigenvalue weighted by atomic mass is 10.1. The number of para-hydroxylation sites is 4. The summed E-state index contributed by atoms with van der Waals surface area (Å²) in [6.45, 7) is 0. The summed E-state index contributed by atoms with van der Waals surface area (Å²) in [6, 6.07) is 20.7. The van der Waals surface area contributed by atoms with E-state index >= 15 is 0 Å². The molecular formula is C24H21ClN2O4. The highest BCUT2D eigenvalue weighted by Gasteiger charge is 2.21. The Bertz CT molecular complexity index is 1050. The number of amides is 2. The van der Waals surface area contributed by atoms with E-state index in [1.54, 1.807) is 72.8 Å². The molecule has 0 aromatic heterocycles. The Morgan fingerprint density at radius 2 is 1.19 bits per heavy atom. The van der Waals surface area contributed by atoms with Crippen molar-refractivity contribution in [3.05, 3.63) is 89.0 Å². The molecule has 2 N–H and O–H groups in total. The van der Waals surface area contributed by atoms with E-state index in [4.69, 9.17) is 21.1 Å². The van der Waals surface area contributed by atoms with Crippen LogP contribution in [0, 0.1) is 0 Å². The second-order valence-corrected chi connectivity index (χ2v) is 6.85. The Labute approximate surface area is 185 Å². The minimum atomic E-state index is -0.591. The van der Waals surface area contributed by atoms with Crippen molar-refractivity contribution in [1.29, 1.82) is 0 Å². The van der Waals surface area contributed by atoms with Crippen molar-refractivity contribution in [2.45, 2.75) is 0 Å². The fourth-order valence-corrected chi connectivity index (χ4v) is 2.96. The van der Waals surface area contributed by atoms with E-state index in [2.05, 4.69) is 10.6 Å². The lowest BCUT2D eigenvalue weighted by Gasteiger charge is -2.14. The van der Waals surface area contributed by atoms with Crippen molar-refractivity contribution in [1.82, 2.24) is 0 Å². The van der Waals surface area contributed by atoms with Crippen molar-refractivity contribution in [2.75, 3.05) is 24.9 Å². The number of nitrogens with one attached hydrogen (secondary N) is 2. The number of hydrogen-bond acceptors (Lipinski definition) is 4. The van der Waals surface area contributed by atoms with Gasteiger partial charge in [0, 0.05) is 5.02 Å². The molecule has 0 radical (unpaired) electrons. The third kappa shape index (κ3) is 5.65. The third-order valence-corrected chi connectivity index (χ3v) is 4.63. The van der Waals surface area contributed by atoms with Gasteiger partial charge in [0.25, 0.3) is 11.8 Å². The van der Waals surface area contributed by atoms with Gasteiger partial charge < -0.3 is 20.1 Å². The Hall–Kier alpha value is -3.77. The quantitative estimate of drug-likeness (QED) is 0.310. The van der Waals surface area contributed by atoms with Crippen molar-refractivity contribution in [3.8, 4) is 11.5 Å². The van der Waals surface area contributed by atoms with Gasteiger partial charge in [0.15, 0.2) is 0 Å². The molecule has 0 aliphatic heterocycles. The van der Waals surface area contributed by atoms with E-state index in [1.165, 1.54) is 20.3 Å². The summed E-state index contributed by atoms with van der Waals surface area (Å²) in [5.41, 5.74) is 1.44. The average molecular weight is 437 g/mol. The van der Waals surface area contributed by atoms with Crippen molar-refractivity contribution >= 4 is 40.9 Å². The zero-order chi connectivity index (χ0) is 22.2. The lowest BCUT2D eigenvalue weighted by molar-refractivity contribution is -0.118. The molecule has 7 heteroatoms. The van der Waals surface area contributed by atoms with Gasteiger partial charge >= 0.3 is 0 Å². The summed E-state index contributed by atoms with van der Waals surface area (Å²) in [6.07, 6.45) is 1.49. The molecule has 0 heterocycles. The third-order valence-electron chi connectivity index (χ3n) is 4.38. The normalized spacial score (nSPS) is 10.0. The maximum atomic E-state index is 13.1. The summed E-state index contributed by atoms with van der Waals surface area (Å²) in [5, 5.41) is 6.03. The number of methoxy groups -OCH3 is 2. The van der Waals surface area contributed by atoms with Crippen LogP contribution in [0.5, 0.6) is 11.5 Å². The maximum absolute atomic E-state index is 13.1. The van der Waals surface area contributed by atoms with Gasteiger partial charge in [-0.15, -0.1) is 0 Å².